The summed E-state index contributed by atoms with van der Waals surface area (Å²) in [6.07, 6.45) is 0. The van der Waals surface area contributed by atoms with Crippen LogP contribution in [0.2, 0.25) is 10.0 Å². The molecule has 0 aliphatic heterocycles. The van der Waals surface area contributed by atoms with E-state index in [2.05, 4.69) is 20.3 Å². The third-order valence-electron chi connectivity index (χ3n) is 2.22. The fourth-order valence-electron chi connectivity index (χ4n) is 1.53. The number of halogens is 2. The van der Waals surface area contributed by atoms with Gasteiger partial charge in [0.05, 0.1) is 0 Å². The molecule has 6 nitrogen and oxygen atoms in total. The summed E-state index contributed by atoms with van der Waals surface area (Å²) in [6.45, 7) is 1.69. The number of rotatable bonds is 2. The van der Waals surface area contributed by atoms with Crippen molar-refractivity contribution in [2.24, 2.45) is 10.7 Å². The van der Waals surface area contributed by atoms with Gasteiger partial charge in [-0.25, -0.2) is 4.98 Å². The van der Waals surface area contributed by atoms with E-state index in [4.69, 9.17) is 28.9 Å². The van der Waals surface area contributed by atoms with Gasteiger partial charge in [-0.05, 0) is 25.1 Å². The van der Waals surface area contributed by atoms with Gasteiger partial charge in [0, 0.05) is 27.5 Å². The minimum Gasteiger partial charge on any atom is -0.369 e. The number of nitrogens with zero attached hydrogens (tertiary/aromatic N) is 2. The molecule has 0 aliphatic carbocycles. The van der Waals surface area contributed by atoms with Crippen molar-refractivity contribution in [1.82, 2.24) is 9.97 Å². The Morgan fingerprint density at radius 3 is 2.55 bits per heavy atom. The molecule has 1 aromatic carbocycles. The molecular formula is C12H11Cl2N5O. The van der Waals surface area contributed by atoms with Gasteiger partial charge in [-0.15, -0.1) is 0 Å². The minimum atomic E-state index is -0.296. The Morgan fingerprint density at radius 2 is 1.95 bits per heavy atom. The number of nitrogens with two attached hydrogens (primary N) is 1. The van der Waals surface area contributed by atoms with Gasteiger partial charge < -0.3 is 11.1 Å². The van der Waals surface area contributed by atoms with Crippen molar-refractivity contribution < 1.29 is 0 Å². The van der Waals surface area contributed by atoms with E-state index in [1.807, 2.05) is 0 Å². The van der Waals surface area contributed by atoms with Gasteiger partial charge >= 0.3 is 0 Å². The molecule has 1 heterocycles. The summed E-state index contributed by atoms with van der Waals surface area (Å²) >= 11 is 11.7. The lowest BCUT2D eigenvalue weighted by atomic mass is 10.3. The number of H-pyrrole nitrogens is 1. The van der Waals surface area contributed by atoms with Gasteiger partial charge in [0.25, 0.3) is 5.56 Å². The third kappa shape index (κ3) is 3.97. The molecule has 0 unspecified atom stereocenters. The Kier molecular flexibility index (Phi) is 4.26. The highest BCUT2D eigenvalue weighted by Gasteiger charge is 2.01. The van der Waals surface area contributed by atoms with Gasteiger partial charge in [-0.2, -0.15) is 4.99 Å². The molecular weight excluding hydrogens is 301 g/mol. The molecule has 0 amide bonds. The number of benzene rings is 1. The summed E-state index contributed by atoms with van der Waals surface area (Å²) < 4.78 is 0. The van der Waals surface area contributed by atoms with E-state index >= 15 is 0 Å². The molecule has 4 N–H and O–H groups in total. The summed E-state index contributed by atoms with van der Waals surface area (Å²) in [4.78, 5) is 21.7. The topological polar surface area (TPSA) is 96.2 Å². The average Bonchev–Trinajstić information content (AvgIpc) is 2.24. The third-order valence-corrected chi connectivity index (χ3v) is 2.65. The number of aliphatic imine (C=N–C) groups is 1. The second kappa shape index (κ2) is 5.94. The first kappa shape index (κ1) is 14.4. The molecule has 0 spiro atoms. The maximum Gasteiger partial charge on any atom is 0.252 e. The van der Waals surface area contributed by atoms with Gasteiger partial charge in [0.1, 0.15) is 0 Å². The predicted octanol–water partition coefficient (Wildman–Crippen LogP) is 2.44. The van der Waals surface area contributed by atoms with Crippen LogP contribution in [-0.2, 0) is 0 Å². The van der Waals surface area contributed by atoms with E-state index in [1.165, 1.54) is 6.07 Å². The zero-order valence-electron chi connectivity index (χ0n) is 10.4. The van der Waals surface area contributed by atoms with Crippen molar-refractivity contribution in [2.45, 2.75) is 6.92 Å². The lowest BCUT2D eigenvalue weighted by Crippen LogP contribution is -2.22. The molecule has 8 heteroatoms. The van der Waals surface area contributed by atoms with Crippen LogP contribution < -0.4 is 16.6 Å². The zero-order valence-corrected chi connectivity index (χ0v) is 12.0. The second-order valence-electron chi connectivity index (χ2n) is 3.99. The van der Waals surface area contributed by atoms with Crippen molar-refractivity contribution >= 4 is 40.8 Å². The van der Waals surface area contributed by atoms with Crippen LogP contribution in [-0.4, -0.2) is 15.9 Å². The summed E-state index contributed by atoms with van der Waals surface area (Å²) in [5, 5.41) is 3.74. The molecule has 20 heavy (non-hydrogen) atoms. The fraction of sp³-hybridized carbons (Fsp3) is 0.0833. The average molecular weight is 312 g/mol. The molecule has 1 aromatic heterocycles. The minimum absolute atomic E-state index is 0.0529. The number of nitrogens with one attached hydrogen (secondary N) is 2. The number of hydrogen-bond acceptors (Lipinski definition) is 3. The van der Waals surface area contributed by atoms with Gasteiger partial charge in [-0.1, -0.05) is 23.2 Å². The number of anilines is 1. The SMILES string of the molecule is Cc1cc(=O)[nH]c(N=C(N)Nc2cc(Cl)cc(Cl)c2)n1. The Balaban J connectivity index is 2.24. The first-order valence-electron chi connectivity index (χ1n) is 5.57. The van der Waals surface area contributed by atoms with E-state index in [0.717, 1.165) is 0 Å². The van der Waals surface area contributed by atoms with Gasteiger partial charge in [-0.3, -0.25) is 9.78 Å². The van der Waals surface area contributed by atoms with E-state index < -0.39 is 0 Å². The van der Waals surface area contributed by atoms with Crippen molar-refractivity contribution in [3.8, 4) is 0 Å². The van der Waals surface area contributed by atoms with Crippen LogP contribution in [0, 0.1) is 6.92 Å². The van der Waals surface area contributed by atoms with Crippen LogP contribution >= 0.6 is 23.2 Å². The molecule has 0 radical (unpaired) electrons. The highest BCUT2D eigenvalue weighted by molar-refractivity contribution is 6.35. The summed E-state index contributed by atoms with van der Waals surface area (Å²) in [6, 6.07) is 6.24. The van der Waals surface area contributed by atoms with E-state index in [-0.39, 0.29) is 17.5 Å². The fourth-order valence-corrected chi connectivity index (χ4v) is 2.06. The molecule has 104 valence electrons. The van der Waals surface area contributed by atoms with Crippen LogP contribution in [0.5, 0.6) is 0 Å². The molecule has 2 aromatic rings. The molecule has 0 saturated carbocycles. The lowest BCUT2D eigenvalue weighted by Gasteiger charge is -2.06. The quantitative estimate of drug-likeness (QED) is 0.586. The van der Waals surface area contributed by atoms with E-state index in [1.54, 1.807) is 25.1 Å². The Hall–Kier alpha value is -2.05. The molecule has 0 aliphatic rings. The molecule has 0 bridgehead atoms. The Bertz CT molecular complexity index is 706. The van der Waals surface area contributed by atoms with Gasteiger partial charge in [0.15, 0.2) is 0 Å². The first-order chi connectivity index (χ1) is 9.42. The Labute approximate surface area is 124 Å². The van der Waals surface area contributed by atoms with Crippen molar-refractivity contribution in [2.75, 3.05) is 5.32 Å². The monoisotopic (exact) mass is 311 g/mol. The van der Waals surface area contributed by atoms with E-state index in [9.17, 15) is 4.79 Å². The number of hydrogen-bond donors (Lipinski definition) is 3. The molecule has 0 saturated heterocycles. The molecule has 0 fully saturated rings. The van der Waals surface area contributed by atoms with Crippen LogP contribution in [0.1, 0.15) is 5.69 Å². The van der Waals surface area contributed by atoms with Crippen LogP contribution in [0.4, 0.5) is 11.6 Å². The van der Waals surface area contributed by atoms with Crippen LogP contribution in [0.25, 0.3) is 0 Å². The highest BCUT2D eigenvalue weighted by atomic mass is 35.5. The zero-order chi connectivity index (χ0) is 14.7. The number of guanidine groups is 1. The van der Waals surface area contributed by atoms with Crippen molar-refractivity contribution in [3.63, 3.8) is 0 Å². The first-order valence-corrected chi connectivity index (χ1v) is 6.33. The van der Waals surface area contributed by atoms with Crippen molar-refractivity contribution in [3.05, 3.63) is 50.4 Å². The molecule has 2 rings (SSSR count). The number of aryl methyl sites for hydroxylation is 1. The lowest BCUT2D eigenvalue weighted by molar-refractivity contribution is 1.05. The van der Waals surface area contributed by atoms with Crippen LogP contribution in [0.15, 0.2) is 34.1 Å². The summed E-state index contributed by atoms with van der Waals surface area (Å²) in [7, 11) is 0. The number of aromatic nitrogens is 2. The predicted molar refractivity (Wildman–Crippen MR) is 81.0 cm³/mol. The normalized spacial score (nSPS) is 11.4. The summed E-state index contributed by atoms with van der Waals surface area (Å²) in [5.41, 5.74) is 6.56. The summed E-state index contributed by atoms with van der Waals surface area (Å²) in [5.74, 6) is 0.171. The standard InChI is InChI=1S/C12H11Cl2N5O/c1-6-2-10(20)18-12(16-6)19-11(15)17-9-4-7(13)3-8(14)5-9/h2-5H,1H3,(H4,15,16,17,18,19,20). The van der Waals surface area contributed by atoms with Crippen LogP contribution in [0.3, 0.4) is 0 Å². The highest BCUT2D eigenvalue weighted by Crippen LogP contribution is 2.22. The number of aromatic amines is 1. The maximum absolute atomic E-state index is 11.3. The van der Waals surface area contributed by atoms with E-state index in [0.29, 0.717) is 21.4 Å². The van der Waals surface area contributed by atoms with Gasteiger partial charge in [0.2, 0.25) is 11.9 Å². The Morgan fingerprint density at radius 1 is 1.30 bits per heavy atom. The smallest absolute Gasteiger partial charge is 0.252 e. The maximum atomic E-state index is 11.3. The van der Waals surface area contributed by atoms with Crippen molar-refractivity contribution in [1.29, 1.82) is 0 Å². The molecule has 0 atom stereocenters. The largest absolute Gasteiger partial charge is 0.369 e. The second-order valence-corrected chi connectivity index (χ2v) is 4.86.